The molecule has 2 heterocycles. The molecule has 7 nitrogen and oxygen atoms in total. The minimum atomic E-state index is -3.50. The second-order valence-electron chi connectivity index (χ2n) is 7.38. The molecule has 142 valence electrons. The Hall–Kier alpha value is -1.45. The average molecular weight is 399 g/mol. The van der Waals surface area contributed by atoms with Crippen molar-refractivity contribution in [1.29, 1.82) is 0 Å². The van der Waals surface area contributed by atoms with E-state index in [1.54, 1.807) is 22.4 Å². The molecule has 1 saturated heterocycles. The number of aliphatic carboxylic acids is 1. The third-order valence-electron chi connectivity index (χ3n) is 6.13. The number of piperazine rings is 1. The van der Waals surface area contributed by atoms with E-state index in [1.807, 2.05) is 0 Å². The summed E-state index contributed by atoms with van der Waals surface area (Å²) >= 11 is 1.19. The van der Waals surface area contributed by atoms with Gasteiger partial charge in [-0.2, -0.15) is 4.31 Å². The maximum Gasteiger partial charge on any atom is 0.307 e. The van der Waals surface area contributed by atoms with Crippen molar-refractivity contribution in [2.75, 3.05) is 26.2 Å². The van der Waals surface area contributed by atoms with Crippen molar-refractivity contribution >= 4 is 33.2 Å². The van der Waals surface area contributed by atoms with Gasteiger partial charge in [0.15, 0.2) is 0 Å². The molecule has 4 rings (SSSR count). The van der Waals surface area contributed by atoms with Crippen LogP contribution in [0.15, 0.2) is 21.7 Å². The van der Waals surface area contributed by atoms with Crippen LogP contribution in [0.4, 0.5) is 0 Å². The van der Waals surface area contributed by atoms with Crippen molar-refractivity contribution in [2.24, 2.45) is 23.7 Å². The van der Waals surface area contributed by atoms with Crippen LogP contribution in [-0.2, 0) is 19.6 Å². The Morgan fingerprint density at radius 2 is 1.73 bits per heavy atom. The summed E-state index contributed by atoms with van der Waals surface area (Å²) in [6.45, 7) is 1.16. The van der Waals surface area contributed by atoms with Crippen molar-refractivity contribution in [3.8, 4) is 0 Å². The van der Waals surface area contributed by atoms with E-state index in [1.165, 1.54) is 15.6 Å². The smallest absolute Gasteiger partial charge is 0.307 e. The third kappa shape index (κ3) is 2.86. The lowest BCUT2D eigenvalue weighted by Crippen LogP contribution is -2.53. The molecular weight excluding hydrogens is 376 g/mol. The Bertz CT molecular complexity index is 799. The molecular formula is C17H22N2O5S2. The van der Waals surface area contributed by atoms with Gasteiger partial charge in [-0.3, -0.25) is 9.59 Å². The molecule has 1 aromatic rings. The number of sulfonamides is 1. The lowest BCUT2D eigenvalue weighted by atomic mass is 9.78. The summed E-state index contributed by atoms with van der Waals surface area (Å²) in [4.78, 5) is 26.3. The van der Waals surface area contributed by atoms with E-state index < -0.39 is 27.8 Å². The van der Waals surface area contributed by atoms with E-state index in [2.05, 4.69) is 0 Å². The minimum Gasteiger partial charge on any atom is -0.481 e. The molecule has 0 unspecified atom stereocenters. The number of rotatable bonds is 4. The predicted octanol–water partition coefficient (Wildman–Crippen LogP) is 1.33. The zero-order valence-corrected chi connectivity index (χ0v) is 15.9. The number of fused-ring (bicyclic) bond motifs is 2. The van der Waals surface area contributed by atoms with Gasteiger partial charge >= 0.3 is 5.97 Å². The van der Waals surface area contributed by atoms with Crippen LogP contribution in [0.25, 0.3) is 0 Å². The highest BCUT2D eigenvalue weighted by Gasteiger charge is 2.55. The lowest BCUT2D eigenvalue weighted by molar-refractivity contribution is -0.153. The molecule has 2 saturated carbocycles. The number of hydrogen-bond donors (Lipinski definition) is 1. The summed E-state index contributed by atoms with van der Waals surface area (Å²) in [5, 5.41) is 11.3. The Labute approximate surface area is 156 Å². The van der Waals surface area contributed by atoms with Gasteiger partial charge < -0.3 is 10.0 Å². The number of nitrogens with zero attached hydrogens (tertiary/aromatic N) is 2. The van der Waals surface area contributed by atoms with Crippen LogP contribution in [0.2, 0.25) is 0 Å². The van der Waals surface area contributed by atoms with E-state index in [9.17, 15) is 23.1 Å². The standard InChI is InChI=1S/C17H22N2O5S2/c20-16(14-11-3-4-12(10-11)15(14)17(21)22)18-5-7-19(8-6-18)26(23,24)13-2-1-9-25-13/h1-2,9,11-12,14-15H,3-8,10H2,(H,21,22)/t11-,12-,14+,15+/m0/s1. The molecule has 2 bridgehead atoms. The fourth-order valence-corrected chi connectivity index (χ4v) is 7.47. The second kappa shape index (κ2) is 6.61. The molecule has 1 aromatic heterocycles. The van der Waals surface area contributed by atoms with Gasteiger partial charge in [0.2, 0.25) is 5.91 Å². The molecule has 26 heavy (non-hydrogen) atoms. The zero-order valence-electron chi connectivity index (χ0n) is 14.3. The number of carbonyl (C=O) groups excluding carboxylic acids is 1. The second-order valence-corrected chi connectivity index (χ2v) is 10.5. The van der Waals surface area contributed by atoms with Crippen LogP contribution in [0, 0.1) is 23.7 Å². The summed E-state index contributed by atoms with van der Waals surface area (Å²) in [5.41, 5.74) is 0. The summed E-state index contributed by atoms with van der Waals surface area (Å²) in [7, 11) is -3.50. The predicted molar refractivity (Wildman–Crippen MR) is 95.1 cm³/mol. The Balaban J connectivity index is 1.43. The van der Waals surface area contributed by atoms with Gasteiger partial charge in [0, 0.05) is 26.2 Å². The van der Waals surface area contributed by atoms with Gasteiger partial charge in [-0.25, -0.2) is 8.42 Å². The molecule has 1 N–H and O–H groups in total. The summed E-state index contributed by atoms with van der Waals surface area (Å²) < 4.78 is 26.9. The normalized spacial score (nSPS) is 32.1. The SMILES string of the molecule is O=C(O)[C@@H]1[C@H]2CC[C@@H](C2)[C@H]1C(=O)N1CCN(S(=O)(=O)c2cccs2)CC1. The van der Waals surface area contributed by atoms with Gasteiger partial charge in [0.25, 0.3) is 10.0 Å². The molecule has 4 atom stereocenters. The molecule has 2 aliphatic carbocycles. The average Bonchev–Trinajstić information content (AvgIpc) is 3.37. The number of carboxylic acid groups (broad SMARTS) is 1. The number of hydrogen-bond acceptors (Lipinski definition) is 5. The van der Waals surface area contributed by atoms with Crippen LogP contribution in [0.1, 0.15) is 19.3 Å². The number of carboxylic acids is 1. The summed E-state index contributed by atoms with van der Waals surface area (Å²) in [6.07, 6.45) is 2.66. The van der Waals surface area contributed by atoms with E-state index in [0.717, 1.165) is 19.3 Å². The van der Waals surface area contributed by atoms with Crippen molar-refractivity contribution in [3.63, 3.8) is 0 Å². The Morgan fingerprint density at radius 1 is 1.08 bits per heavy atom. The quantitative estimate of drug-likeness (QED) is 0.826. The Morgan fingerprint density at radius 3 is 2.31 bits per heavy atom. The van der Waals surface area contributed by atoms with E-state index in [-0.39, 0.29) is 30.8 Å². The van der Waals surface area contributed by atoms with Gasteiger partial charge in [-0.15, -0.1) is 11.3 Å². The maximum atomic E-state index is 13.0. The molecule has 3 aliphatic rings. The molecule has 9 heteroatoms. The van der Waals surface area contributed by atoms with Crippen molar-refractivity contribution < 1.29 is 23.1 Å². The molecule has 0 radical (unpaired) electrons. The minimum absolute atomic E-state index is 0.0993. The van der Waals surface area contributed by atoms with Gasteiger partial charge in [0.1, 0.15) is 4.21 Å². The van der Waals surface area contributed by atoms with Crippen molar-refractivity contribution in [3.05, 3.63) is 17.5 Å². The number of thiophene rings is 1. The van der Waals surface area contributed by atoms with E-state index >= 15 is 0 Å². The fourth-order valence-electron chi connectivity index (χ4n) is 4.90. The zero-order chi connectivity index (χ0) is 18.5. The monoisotopic (exact) mass is 398 g/mol. The lowest BCUT2D eigenvalue weighted by Gasteiger charge is -2.37. The first-order chi connectivity index (χ1) is 12.4. The number of carbonyl (C=O) groups is 2. The molecule has 0 aromatic carbocycles. The highest BCUT2D eigenvalue weighted by Crippen LogP contribution is 2.53. The first-order valence-electron chi connectivity index (χ1n) is 8.95. The van der Waals surface area contributed by atoms with Gasteiger partial charge in [-0.1, -0.05) is 6.07 Å². The van der Waals surface area contributed by atoms with Crippen LogP contribution < -0.4 is 0 Å². The largest absolute Gasteiger partial charge is 0.481 e. The van der Waals surface area contributed by atoms with Crippen LogP contribution in [0.5, 0.6) is 0 Å². The fraction of sp³-hybridized carbons (Fsp3) is 0.647. The summed E-state index contributed by atoms with van der Waals surface area (Å²) in [6, 6.07) is 3.29. The maximum absolute atomic E-state index is 13.0. The third-order valence-corrected chi connectivity index (χ3v) is 9.40. The summed E-state index contributed by atoms with van der Waals surface area (Å²) in [5.74, 6) is -1.69. The molecule has 1 aliphatic heterocycles. The van der Waals surface area contributed by atoms with E-state index in [0.29, 0.717) is 17.3 Å². The highest BCUT2D eigenvalue weighted by molar-refractivity contribution is 7.91. The topological polar surface area (TPSA) is 95.0 Å². The number of amides is 1. The first kappa shape index (κ1) is 17.9. The Kier molecular flexibility index (Phi) is 4.56. The molecule has 3 fully saturated rings. The molecule has 1 amide bonds. The van der Waals surface area contributed by atoms with E-state index in [4.69, 9.17) is 0 Å². The van der Waals surface area contributed by atoms with Crippen LogP contribution in [0.3, 0.4) is 0 Å². The van der Waals surface area contributed by atoms with Gasteiger partial charge in [-0.05, 0) is 42.5 Å². The van der Waals surface area contributed by atoms with Crippen molar-refractivity contribution in [1.82, 2.24) is 9.21 Å². The first-order valence-corrected chi connectivity index (χ1v) is 11.3. The van der Waals surface area contributed by atoms with Crippen LogP contribution >= 0.6 is 11.3 Å². The van der Waals surface area contributed by atoms with Gasteiger partial charge in [0.05, 0.1) is 11.8 Å². The highest BCUT2D eigenvalue weighted by atomic mass is 32.2. The van der Waals surface area contributed by atoms with Crippen LogP contribution in [-0.4, -0.2) is 60.8 Å². The molecule has 0 spiro atoms. The van der Waals surface area contributed by atoms with Crippen molar-refractivity contribution in [2.45, 2.75) is 23.5 Å².